The van der Waals surface area contributed by atoms with E-state index < -0.39 is 11.2 Å². The SMILES string of the molecule is CCC[S+]([O-])c1ccccc1C(=O)N(Cc1ccccc1-c1ccccc1)c1ccc(OC)c(OC)c1. The lowest BCUT2D eigenvalue weighted by molar-refractivity contribution is 0.0982. The molecule has 4 aromatic carbocycles. The van der Waals surface area contributed by atoms with Gasteiger partial charge in [0.2, 0.25) is 0 Å². The molecule has 0 radical (unpaired) electrons. The molecule has 37 heavy (non-hydrogen) atoms. The summed E-state index contributed by atoms with van der Waals surface area (Å²) in [5.74, 6) is 1.37. The second-order valence-electron chi connectivity index (χ2n) is 8.50. The lowest BCUT2D eigenvalue weighted by Gasteiger charge is -2.26. The van der Waals surface area contributed by atoms with Gasteiger partial charge >= 0.3 is 0 Å². The molecule has 1 amide bonds. The molecule has 0 N–H and O–H groups in total. The fraction of sp³-hybridized carbons (Fsp3) is 0.194. The van der Waals surface area contributed by atoms with E-state index in [4.69, 9.17) is 9.47 Å². The Morgan fingerprint density at radius 2 is 1.51 bits per heavy atom. The van der Waals surface area contributed by atoms with Crippen LogP contribution in [0.5, 0.6) is 11.5 Å². The Labute approximate surface area is 221 Å². The number of benzene rings is 4. The third-order valence-corrected chi connectivity index (χ3v) is 7.73. The van der Waals surface area contributed by atoms with Crippen molar-refractivity contribution in [2.75, 3.05) is 24.9 Å². The number of nitrogens with zero attached hydrogens (tertiary/aromatic N) is 1. The average molecular weight is 514 g/mol. The van der Waals surface area contributed by atoms with Gasteiger partial charge < -0.3 is 18.9 Å². The summed E-state index contributed by atoms with van der Waals surface area (Å²) in [5.41, 5.74) is 4.19. The standard InChI is InChI=1S/C31H31NO4S/c1-4-20-37(34)30-17-11-10-16-27(30)31(33)32(25-18-19-28(35-2)29(21-25)36-3)22-24-14-8-9-15-26(24)23-12-6-5-7-13-23/h5-19,21H,4,20,22H2,1-3H3. The van der Waals surface area contributed by atoms with Crippen molar-refractivity contribution < 1.29 is 18.8 Å². The Morgan fingerprint density at radius 3 is 2.24 bits per heavy atom. The molecule has 1 unspecified atom stereocenters. The largest absolute Gasteiger partial charge is 0.611 e. The number of carbonyl (C=O) groups is 1. The van der Waals surface area contributed by atoms with Crippen molar-refractivity contribution in [2.24, 2.45) is 0 Å². The first kappa shape index (κ1) is 26.3. The minimum atomic E-state index is -1.27. The highest BCUT2D eigenvalue weighted by molar-refractivity contribution is 7.91. The Bertz CT molecular complexity index is 1340. The topological polar surface area (TPSA) is 61.8 Å². The molecule has 0 saturated heterocycles. The van der Waals surface area contributed by atoms with Crippen molar-refractivity contribution in [3.8, 4) is 22.6 Å². The first-order chi connectivity index (χ1) is 18.1. The minimum absolute atomic E-state index is 0.227. The van der Waals surface area contributed by atoms with Crippen LogP contribution in [0.25, 0.3) is 11.1 Å². The second-order valence-corrected chi connectivity index (χ2v) is 10.0. The molecule has 0 aliphatic heterocycles. The van der Waals surface area contributed by atoms with Crippen molar-refractivity contribution in [3.05, 3.63) is 108 Å². The van der Waals surface area contributed by atoms with Gasteiger partial charge in [-0.25, -0.2) is 0 Å². The van der Waals surface area contributed by atoms with E-state index in [2.05, 4.69) is 18.2 Å². The highest BCUT2D eigenvalue weighted by Gasteiger charge is 2.27. The average Bonchev–Trinajstić information content (AvgIpc) is 2.96. The summed E-state index contributed by atoms with van der Waals surface area (Å²) in [6.45, 7) is 2.30. The van der Waals surface area contributed by atoms with Crippen molar-refractivity contribution in [3.63, 3.8) is 0 Å². The Kier molecular flexibility index (Phi) is 8.88. The van der Waals surface area contributed by atoms with Gasteiger partial charge in [-0.1, -0.05) is 73.7 Å². The first-order valence-corrected chi connectivity index (χ1v) is 13.5. The van der Waals surface area contributed by atoms with Gasteiger partial charge in [0.05, 0.1) is 26.3 Å². The predicted octanol–water partition coefficient (Wildman–Crippen LogP) is 6.74. The van der Waals surface area contributed by atoms with Crippen molar-refractivity contribution in [1.82, 2.24) is 0 Å². The third kappa shape index (κ3) is 5.98. The molecule has 0 aliphatic rings. The Hall–Kier alpha value is -3.74. The zero-order valence-corrected chi connectivity index (χ0v) is 22.2. The minimum Gasteiger partial charge on any atom is -0.611 e. The molecule has 0 aliphatic carbocycles. The van der Waals surface area contributed by atoms with Crippen LogP contribution in [0.15, 0.2) is 102 Å². The third-order valence-electron chi connectivity index (χ3n) is 6.11. The van der Waals surface area contributed by atoms with Gasteiger partial charge in [-0.2, -0.15) is 0 Å². The molecular formula is C31H31NO4S. The summed E-state index contributed by atoms with van der Waals surface area (Å²) in [5, 5.41) is 0. The molecule has 0 heterocycles. The van der Waals surface area contributed by atoms with Crippen LogP contribution < -0.4 is 14.4 Å². The number of amides is 1. The lowest BCUT2D eigenvalue weighted by atomic mass is 9.99. The summed E-state index contributed by atoms with van der Waals surface area (Å²) < 4.78 is 24.0. The van der Waals surface area contributed by atoms with Crippen molar-refractivity contribution in [1.29, 1.82) is 0 Å². The zero-order chi connectivity index (χ0) is 26.2. The maximum Gasteiger partial charge on any atom is 0.263 e. The van der Waals surface area contributed by atoms with E-state index in [9.17, 15) is 9.35 Å². The van der Waals surface area contributed by atoms with Gasteiger partial charge in [-0.15, -0.1) is 0 Å². The van der Waals surface area contributed by atoms with Gasteiger partial charge in [0.25, 0.3) is 5.91 Å². The molecule has 0 fully saturated rings. The molecule has 6 heteroatoms. The molecule has 4 aromatic rings. The summed E-state index contributed by atoms with van der Waals surface area (Å²) >= 11 is -1.27. The summed E-state index contributed by atoms with van der Waals surface area (Å²) in [6.07, 6.45) is 0.763. The fourth-order valence-electron chi connectivity index (χ4n) is 4.28. The summed E-state index contributed by atoms with van der Waals surface area (Å²) in [6, 6.07) is 30.8. The van der Waals surface area contributed by atoms with E-state index in [-0.39, 0.29) is 5.91 Å². The molecule has 4 rings (SSSR count). The van der Waals surface area contributed by atoms with Crippen molar-refractivity contribution >= 4 is 22.8 Å². The van der Waals surface area contributed by atoms with Crippen LogP contribution >= 0.6 is 0 Å². The summed E-state index contributed by atoms with van der Waals surface area (Å²) in [7, 11) is 3.15. The van der Waals surface area contributed by atoms with E-state index in [0.717, 1.165) is 23.1 Å². The van der Waals surface area contributed by atoms with Crippen LogP contribution in [0, 0.1) is 0 Å². The first-order valence-electron chi connectivity index (χ1n) is 12.2. The molecular weight excluding hydrogens is 482 g/mol. The van der Waals surface area contributed by atoms with E-state index >= 15 is 0 Å². The second kappa shape index (κ2) is 12.5. The molecule has 0 spiro atoms. The highest BCUT2D eigenvalue weighted by Crippen LogP contribution is 2.34. The van der Waals surface area contributed by atoms with E-state index in [0.29, 0.717) is 39.9 Å². The smallest absolute Gasteiger partial charge is 0.263 e. The van der Waals surface area contributed by atoms with Crippen LogP contribution in [0.1, 0.15) is 29.3 Å². The van der Waals surface area contributed by atoms with Gasteiger partial charge in [-0.05, 0) is 58.6 Å². The zero-order valence-electron chi connectivity index (χ0n) is 21.3. The molecule has 0 bridgehead atoms. The maximum atomic E-state index is 14.2. The Balaban J connectivity index is 1.83. The monoisotopic (exact) mass is 513 g/mol. The number of hydrogen-bond donors (Lipinski definition) is 0. The number of methoxy groups -OCH3 is 2. The molecule has 0 saturated carbocycles. The van der Waals surface area contributed by atoms with Crippen LogP contribution in [0.2, 0.25) is 0 Å². The van der Waals surface area contributed by atoms with Crippen molar-refractivity contribution in [2.45, 2.75) is 24.8 Å². The molecule has 0 aromatic heterocycles. The fourth-order valence-corrected chi connectivity index (χ4v) is 5.51. The van der Waals surface area contributed by atoms with Gasteiger partial charge in [0, 0.05) is 11.8 Å². The van der Waals surface area contributed by atoms with E-state index in [1.165, 1.54) is 0 Å². The van der Waals surface area contributed by atoms with Crippen LogP contribution in [-0.2, 0) is 17.7 Å². The molecule has 190 valence electrons. The van der Waals surface area contributed by atoms with E-state index in [1.807, 2.05) is 61.5 Å². The van der Waals surface area contributed by atoms with Gasteiger partial charge in [0.1, 0.15) is 5.75 Å². The number of anilines is 1. The predicted molar refractivity (Wildman–Crippen MR) is 150 cm³/mol. The van der Waals surface area contributed by atoms with Gasteiger partial charge in [-0.3, -0.25) is 4.79 Å². The summed E-state index contributed by atoms with van der Waals surface area (Å²) in [4.78, 5) is 16.5. The number of hydrogen-bond acceptors (Lipinski definition) is 4. The number of carbonyl (C=O) groups excluding carboxylic acids is 1. The number of rotatable bonds is 10. The maximum absolute atomic E-state index is 14.2. The van der Waals surface area contributed by atoms with Gasteiger partial charge in [0.15, 0.2) is 16.4 Å². The van der Waals surface area contributed by atoms with Crippen LogP contribution in [0.3, 0.4) is 0 Å². The molecule has 5 nitrogen and oxygen atoms in total. The quantitative estimate of drug-likeness (QED) is 0.221. The highest BCUT2D eigenvalue weighted by atomic mass is 32.2. The van der Waals surface area contributed by atoms with E-state index in [1.54, 1.807) is 43.4 Å². The number of ether oxygens (including phenoxy) is 2. The van der Waals surface area contributed by atoms with Crippen LogP contribution in [0.4, 0.5) is 5.69 Å². The Morgan fingerprint density at radius 1 is 0.838 bits per heavy atom. The normalized spacial score (nSPS) is 11.6. The van der Waals surface area contributed by atoms with Crippen LogP contribution in [-0.4, -0.2) is 30.4 Å². The molecule has 1 atom stereocenters. The lowest BCUT2D eigenvalue weighted by Crippen LogP contribution is -2.32.